The third kappa shape index (κ3) is 4.53. The first-order valence-electron chi connectivity index (χ1n) is 9.83. The highest BCUT2D eigenvalue weighted by molar-refractivity contribution is 7.89. The van der Waals surface area contributed by atoms with Crippen LogP contribution in [0.5, 0.6) is 0 Å². The van der Waals surface area contributed by atoms with Gasteiger partial charge >= 0.3 is 0 Å². The van der Waals surface area contributed by atoms with Gasteiger partial charge in [0.2, 0.25) is 15.0 Å². The monoisotopic (exact) mass is 458 g/mol. The van der Waals surface area contributed by atoms with Gasteiger partial charge in [0.05, 0.1) is 16.2 Å². The van der Waals surface area contributed by atoms with Crippen LogP contribution in [0.4, 0.5) is 4.39 Å². The maximum atomic E-state index is 14.0. The van der Waals surface area contributed by atoms with Gasteiger partial charge in [-0.1, -0.05) is 45.0 Å². The minimum Gasteiger partial charge on any atom is -0.211 e. The number of nitrogens with zero attached hydrogens (tertiary/aromatic N) is 3. The molecule has 0 atom stereocenters. The Hall–Kier alpha value is -2.62. The lowest BCUT2D eigenvalue weighted by Gasteiger charge is -2.19. The molecular weight excluding hydrogens is 435 g/mol. The summed E-state index contributed by atoms with van der Waals surface area (Å²) in [5.74, 6) is -0.0711. The lowest BCUT2D eigenvalue weighted by atomic mass is 9.87. The highest BCUT2D eigenvalue weighted by Gasteiger charge is 2.18. The Kier molecular flexibility index (Phi) is 5.67. The van der Waals surface area contributed by atoms with Gasteiger partial charge < -0.3 is 0 Å². The van der Waals surface area contributed by atoms with Crippen LogP contribution in [-0.4, -0.2) is 29.6 Å². The molecule has 0 amide bonds. The van der Waals surface area contributed by atoms with Crippen molar-refractivity contribution < 1.29 is 12.8 Å². The fourth-order valence-electron chi connectivity index (χ4n) is 3.18. The van der Waals surface area contributed by atoms with E-state index in [0.717, 1.165) is 11.3 Å². The van der Waals surface area contributed by atoms with Crippen LogP contribution < -0.4 is 4.72 Å². The van der Waals surface area contributed by atoms with Crippen molar-refractivity contribution in [2.45, 2.75) is 37.5 Å². The average Bonchev–Trinajstić information content (AvgIpc) is 3.29. The summed E-state index contributed by atoms with van der Waals surface area (Å²) in [4.78, 5) is 5.26. The summed E-state index contributed by atoms with van der Waals surface area (Å²) in [6, 6.07) is 13.3. The Morgan fingerprint density at radius 1 is 1.10 bits per heavy atom. The van der Waals surface area contributed by atoms with Crippen LogP contribution in [0, 0.1) is 5.82 Å². The molecule has 6 nitrogen and oxygen atoms in total. The highest BCUT2D eigenvalue weighted by atomic mass is 32.2. The lowest BCUT2D eigenvalue weighted by molar-refractivity contribution is 0.578. The third-order valence-corrected chi connectivity index (χ3v) is 7.31. The normalized spacial score (nSPS) is 12.5. The highest BCUT2D eigenvalue weighted by Crippen LogP contribution is 2.24. The number of rotatable bonds is 6. The molecule has 0 bridgehead atoms. The zero-order valence-corrected chi connectivity index (χ0v) is 19.1. The van der Waals surface area contributed by atoms with Crippen LogP contribution >= 0.6 is 11.3 Å². The first-order valence-corrected chi connectivity index (χ1v) is 12.2. The maximum absolute atomic E-state index is 14.0. The molecule has 4 aromatic rings. The smallest absolute Gasteiger partial charge is 0.211 e. The molecule has 0 unspecified atom stereocenters. The van der Waals surface area contributed by atoms with Gasteiger partial charge in [0.15, 0.2) is 5.82 Å². The number of halogens is 1. The molecule has 0 aliphatic rings. The van der Waals surface area contributed by atoms with Gasteiger partial charge in [0.25, 0.3) is 0 Å². The minimum absolute atomic E-state index is 0.0423. The lowest BCUT2D eigenvalue weighted by Crippen LogP contribution is -2.26. The summed E-state index contributed by atoms with van der Waals surface area (Å²) in [5.41, 5.74) is 2.17. The second kappa shape index (κ2) is 8.14. The Balaban J connectivity index is 1.46. The molecule has 0 saturated carbocycles. The van der Waals surface area contributed by atoms with Crippen LogP contribution in [-0.2, 0) is 21.9 Å². The molecule has 0 saturated heterocycles. The molecule has 31 heavy (non-hydrogen) atoms. The first-order chi connectivity index (χ1) is 14.6. The fourth-order valence-corrected chi connectivity index (χ4v) is 5.07. The van der Waals surface area contributed by atoms with E-state index in [9.17, 15) is 12.8 Å². The number of aromatic nitrogens is 3. The first kappa shape index (κ1) is 21.6. The molecule has 4 rings (SSSR count). The number of hydrogen-bond acceptors (Lipinski definition) is 5. The van der Waals surface area contributed by atoms with Crippen molar-refractivity contribution >= 4 is 26.3 Å². The van der Waals surface area contributed by atoms with E-state index in [1.54, 1.807) is 34.8 Å². The van der Waals surface area contributed by atoms with E-state index in [1.807, 2.05) is 17.5 Å². The number of benzene rings is 2. The molecule has 0 aliphatic heterocycles. The standard InChI is InChI=1S/C22H23FN4O2S2/c1-22(2,3)15-8-10-17(11-9-15)31(28,29)24-13-12-16-14-30-21-25-20(26-27(16)21)18-6-4-5-7-19(18)23/h4-11,14,24H,12-13H2,1-3H3. The summed E-state index contributed by atoms with van der Waals surface area (Å²) >= 11 is 1.38. The second-order valence-electron chi connectivity index (χ2n) is 8.26. The van der Waals surface area contributed by atoms with Gasteiger partial charge in [-0.05, 0) is 35.2 Å². The minimum atomic E-state index is -3.61. The van der Waals surface area contributed by atoms with Gasteiger partial charge in [-0.2, -0.15) is 4.98 Å². The van der Waals surface area contributed by atoms with Gasteiger partial charge in [-0.3, -0.25) is 0 Å². The van der Waals surface area contributed by atoms with Crippen LogP contribution in [0.3, 0.4) is 0 Å². The largest absolute Gasteiger partial charge is 0.240 e. The van der Waals surface area contributed by atoms with Crippen molar-refractivity contribution in [1.82, 2.24) is 19.3 Å². The predicted molar refractivity (Wildman–Crippen MR) is 120 cm³/mol. The number of thiazole rings is 1. The number of fused-ring (bicyclic) bond motifs is 1. The van der Waals surface area contributed by atoms with E-state index in [1.165, 1.54) is 17.4 Å². The van der Waals surface area contributed by atoms with Crippen LogP contribution in [0.15, 0.2) is 58.8 Å². The Bertz CT molecular complexity index is 1320. The van der Waals surface area contributed by atoms with Crippen molar-refractivity contribution in [3.05, 3.63) is 71.0 Å². The molecule has 1 N–H and O–H groups in total. The molecule has 0 fully saturated rings. The van der Waals surface area contributed by atoms with Gasteiger partial charge in [-0.15, -0.1) is 16.4 Å². The summed E-state index contributed by atoms with van der Waals surface area (Å²) < 4.78 is 43.6. The SMILES string of the molecule is CC(C)(C)c1ccc(S(=O)(=O)NCCc2csc3nc(-c4ccccc4F)nn23)cc1. The van der Waals surface area contributed by atoms with E-state index >= 15 is 0 Å². The van der Waals surface area contributed by atoms with E-state index in [2.05, 4.69) is 35.6 Å². The van der Waals surface area contributed by atoms with E-state index in [4.69, 9.17) is 0 Å². The summed E-state index contributed by atoms with van der Waals surface area (Å²) in [7, 11) is -3.61. The molecule has 9 heteroatoms. The molecule has 0 radical (unpaired) electrons. The molecule has 0 spiro atoms. The van der Waals surface area contributed by atoms with Gasteiger partial charge in [-0.25, -0.2) is 22.0 Å². The molecule has 2 heterocycles. The number of sulfonamides is 1. The summed E-state index contributed by atoms with van der Waals surface area (Å²) in [5, 5.41) is 6.29. The topological polar surface area (TPSA) is 76.4 Å². The van der Waals surface area contributed by atoms with Crippen molar-refractivity contribution in [2.24, 2.45) is 0 Å². The van der Waals surface area contributed by atoms with E-state index in [0.29, 0.717) is 22.8 Å². The van der Waals surface area contributed by atoms with Crippen molar-refractivity contribution in [2.75, 3.05) is 6.54 Å². The second-order valence-corrected chi connectivity index (χ2v) is 10.9. The fraction of sp³-hybridized carbons (Fsp3) is 0.273. The Morgan fingerprint density at radius 2 is 1.81 bits per heavy atom. The Morgan fingerprint density at radius 3 is 2.48 bits per heavy atom. The molecule has 2 aromatic carbocycles. The van der Waals surface area contributed by atoms with Crippen molar-refractivity contribution in [3.8, 4) is 11.4 Å². The van der Waals surface area contributed by atoms with Gasteiger partial charge in [0, 0.05) is 18.3 Å². The zero-order chi connectivity index (χ0) is 22.2. The van der Waals surface area contributed by atoms with Crippen LogP contribution in [0.2, 0.25) is 0 Å². The predicted octanol–water partition coefficient (Wildman–Crippen LogP) is 4.42. The van der Waals surface area contributed by atoms with Crippen LogP contribution in [0.1, 0.15) is 32.0 Å². The van der Waals surface area contributed by atoms with E-state index < -0.39 is 10.0 Å². The van der Waals surface area contributed by atoms with Crippen molar-refractivity contribution in [3.63, 3.8) is 0 Å². The zero-order valence-electron chi connectivity index (χ0n) is 17.5. The summed E-state index contributed by atoms with van der Waals surface area (Å²) in [6.07, 6.45) is 0.430. The van der Waals surface area contributed by atoms with Crippen LogP contribution in [0.25, 0.3) is 16.3 Å². The Labute approximate surface area is 184 Å². The number of nitrogens with one attached hydrogen (secondary N) is 1. The van der Waals surface area contributed by atoms with Crippen molar-refractivity contribution in [1.29, 1.82) is 0 Å². The van der Waals surface area contributed by atoms with E-state index in [-0.39, 0.29) is 22.7 Å². The quantitative estimate of drug-likeness (QED) is 0.464. The molecule has 2 aromatic heterocycles. The third-order valence-electron chi connectivity index (χ3n) is 4.97. The summed E-state index contributed by atoms with van der Waals surface area (Å²) in [6.45, 7) is 6.46. The molecule has 0 aliphatic carbocycles. The number of hydrogen-bond donors (Lipinski definition) is 1. The van der Waals surface area contributed by atoms with Gasteiger partial charge in [0.1, 0.15) is 5.82 Å². The average molecular weight is 459 g/mol. The maximum Gasteiger partial charge on any atom is 0.240 e. The molecule has 162 valence electrons. The molecular formula is C22H23FN4O2S2.